The van der Waals surface area contributed by atoms with Crippen molar-refractivity contribution in [1.29, 1.82) is 0 Å². The second-order valence-electron chi connectivity index (χ2n) is 6.96. The quantitative estimate of drug-likeness (QED) is 0.506. The lowest BCUT2D eigenvalue weighted by Gasteiger charge is -2.16. The van der Waals surface area contributed by atoms with Gasteiger partial charge in [-0.25, -0.2) is 4.68 Å². The molecule has 0 bridgehead atoms. The van der Waals surface area contributed by atoms with Crippen molar-refractivity contribution in [1.82, 2.24) is 30.0 Å². The summed E-state index contributed by atoms with van der Waals surface area (Å²) in [6.45, 7) is 1.35. The highest BCUT2D eigenvalue weighted by Crippen LogP contribution is 2.25. The summed E-state index contributed by atoms with van der Waals surface area (Å²) < 4.78 is 7.15. The van der Waals surface area contributed by atoms with Crippen LogP contribution in [0.5, 0.6) is 0 Å². The van der Waals surface area contributed by atoms with Crippen LogP contribution in [-0.2, 0) is 11.2 Å². The molecule has 9 heteroatoms. The number of hydrogen-bond acceptors (Lipinski definition) is 7. The molecule has 0 aliphatic carbocycles. The third kappa shape index (κ3) is 3.68. The molecule has 0 spiro atoms. The third-order valence-electron chi connectivity index (χ3n) is 5.01. The molecule has 1 amide bonds. The average Bonchev–Trinajstić information content (AvgIpc) is 3.55. The van der Waals surface area contributed by atoms with Crippen molar-refractivity contribution in [2.45, 2.75) is 18.9 Å². The molecule has 146 valence electrons. The Morgan fingerprint density at radius 2 is 2.14 bits per heavy atom. The summed E-state index contributed by atoms with van der Waals surface area (Å²) in [5, 5.41) is 16.4. The van der Waals surface area contributed by atoms with E-state index >= 15 is 0 Å². The smallest absolute Gasteiger partial charge is 0.280 e. The first-order chi connectivity index (χ1) is 14.3. The van der Waals surface area contributed by atoms with Gasteiger partial charge in [-0.1, -0.05) is 40.7 Å². The maximum atomic E-state index is 12.5. The highest BCUT2D eigenvalue weighted by atomic mass is 32.1. The minimum atomic E-state index is 0.0965. The van der Waals surface area contributed by atoms with Gasteiger partial charge in [0.15, 0.2) is 5.69 Å². The van der Waals surface area contributed by atoms with E-state index < -0.39 is 0 Å². The molecule has 1 aliphatic heterocycles. The monoisotopic (exact) mass is 406 g/mol. The topological polar surface area (TPSA) is 89.9 Å². The zero-order valence-electron chi connectivity index (χ0n) is 15.5. The Morgan fingerprint density at radius 3 is 2.97 bits per heavy atom. The van der Waals surface area contributed by atoms with Gasteiger partial charge in [0, 0.05) is 18.7 Å². The minimum absolute atomic E-state index is 0.0965. The van der Waals surface area contributed by atoms with Crippen molar-refractivity contribution < 1.29 is 9.32 Å². The molecule has 0 radical (unpaired) electrons. The Balaban J connectivity index is 1.26. The lowest BCUT2D eigenvalue weighted by Crippen LogP contribution is -2.30. The first-order valence-electron chi connectivity index (χ1n) is 9.36. The van der Waals surface area contributed by atoms with Crippen molar-refractivity contribution in [3.63, 3.8) is 0 Å². The summed E-state index contributed by atoms with van der Waals surface area (Å²) in [6, 6.07) is 11.7. The number of nitrogens with zero attached hydrogens (tertiary/aromatic N) is 6. The molecule has 1 saturated heterocycles. The molecule has 1 fully saturated rings. The maximum absolute atomic E-state index is 12.5. The van der Waals surface area contributed by atoms with E-state index in [4.69, 9.17) is 4.52 Å². The standard InChI is InChI=1S/C20H18N6O2S/c27-18(10-14-7-9-29-13-14)25-8-6-16(11-25)26-12-17(22-24-26)20-21-19(23-28-20)15-4-2-1-3-5-15/h1-5,7,9,12-13,16H,6,8,10-11H2. The molecule has 3 aromatic heterocycles. The zero-order chi connectivity index (χ0) is 19.6. The minimum Gasteiger partial charge on any atom is -0.340 e. The number of likely N-dealkylation sites (tertiary alicyclic amines) is 1. The van der Waals surface area contributed by atoms with E-state index in [0.29, 0.717) is 30.4 Å². The molecule has 29 heavy (non-hydrogen) atoms. The van der Waals surface area contributed by atoms with E-state index in [2.05, 4.69) is 20.5 Å². The number of rotatable bonds is 5. The highest BCUT2D eigenvalue weighted by Gasteiger charge is 2.28. The summed E-state index contributed by atoms with van der Waals surface area (Å²) in [5.41, 5.74) is 2.48. The fourth-order valence-electron chi connectivity index (χ4n) is 3.45. The number of carbonyl (C=O) groups excluding carboxylic acids is 1. The van der Waals surface area contributed by atoms with Crippen LogP contribution in [0.1, 0.15) is 18.0 Å². The van der Waals surface area contributed by atoms with Gasteiger partial charge in [0.2, 0.25) is 11.7 Å². The first-order valence-corrected chi connectivity index (χ1v) is 10.3. The first kappa shape index (κ1) is 17.7. The van der Waals surface area contributed by atoms with Crippen LogP contribution in [0, 0.1) is 0 Å². The number of benzene rings is 1. The predicted molar refractivity (Wildman–Crippen MR) is 107 cm³/mol. The van der Waals surface area contributed by atoms with Crippen molar-refractivity contribution in [3.8, 4) is 23.0 Å². The van der Waals surface area contributed by atoms with Crippen molar-refractivity contribution in [2.75, 3.05) is 13.1 Å². The Bertz CT molecular complexity index is 1110. The second-order valence-corrected chi connectivity index (χ2v) is 7.74. The van der Waals surface area contributed by atoms with E-state index in [1.807, 2.05) is 52.1 Å². The Kier molecular flexibility index (Phi) is 4.65. The van der Waals surface area contributed by atoms with E-state index in [1.165, 1.54) is 0 Å². The Morgan fingerprint density at radius 1 is 1.24 bits per heavy atom. The fraction of sp³-hybridized carbons (Fsp3) is 0.250. The lowest BCUT2D eigenvalue weighted by atomic mass is 10.2. The fourth-order valence-corrected chi connectivity index (χ4v) is 4.12. The molecule has 1 atom stereocenters. The predicted octanol–water partition coefficient (Wildman–Crippen LogP) is 3.07. The second kappa shape index (κ2) is 7.59. The van der Waals surface area contributed by atoms with Gasteiger partial charge in [-0.05, 0) is 28.8 Å². The van der Waals surface area contributed by atoms with Crippen LogP contribution in [0.25, 0.3) is 23.0 Å². The summed E-state index contributed by atoms with van der Waals surface area (Å²) in [6.07, 6.45) is 3.10. The van der Waals surface area contributed by atoms with Gasteiger partial charge in [-0.15, -0.1) is 5.10 Å². The van der Waals surface area contributed by atoms with Crippen LogP contribution in [0.15, 0.2) is 57.9 Å². The number of carbonyl (C=O) groups is 1. The summed E-state index contributed by atoms with van der Waals surface area (Å²) in [5.74, 6) is 0.996. The van der Waals surface area contributed by atoms with E-state index in [-0.39, 0.29) is 11.9 Å². The molecule has 0 saturated carbocycles. The van der Waals surface area contributed by atoms with Gasteiger partial charge in [-0.3, -0.25) is 4.79 Å². The average molecular weight is 406 g/mol. The van der Waals surface area contributed by atoms with Gasteiger partial charge < -0.3 is 9.42 Å². The van der Waals surface area contributed by atoms with Gasteiger partial charge in [-0.2, -0.15) is 16.3 Å². The maximum Gasteiger partial charge on any atom is 0.280 e. The molecular formula is C20H18N6O2S. The molecule has 1 unspecified atom stereocenters. The molecular weight excluding hydrogens is 388 g/mol. The van der Waals surface area contributed by atoms with Crippen LogP contribution in [0.4, 0.5) is 0 Å². The number of hydrogen-bond donors (Lipinski definition) is 0. The zero-order valence-corrected chi connectivity index (χ0v) is 16.3. The molecule has 4 heterocycles. The van der Waals surface area contributed by atoms with E-state index in [0.717, 1.165) is 24.1 Å². The van der Waals surface area contributed by atoms with Crippen molar-refractivity contribution in [2.24, 2.45) is 0 Å². The van der Waals surface area contributed by atoms with Crippen LogP contribution in [0.3, 0.4) is 0 Å². The largest absolute Gasteiger partial charge is 0.340 e. The van der Waals surface area contributed by atoms with Crippen molar-refractivity contribution >= 4 is 17.2 Å². The third-order valence-corrected chi connectivity index (χ3v) is 5.75. The molecule has 0 N–H and O–H groups in total. The molecule has 8 nitrogen and oxygen atoms in total. The number of amides is 1. The van der Waals surface area contributed by atoms with Crippen LogP contribution < -0.4 is 0 Å². The van der Waals surface area contributed by atoms with E-state index in [9.17, 15) is 4.79 Å². The molecule has 4 aromatic rings. The normalized spacial score (nSPS) is 16.4. The van der Waals surface area contributed by atoms with Crippen molar-refractivity contribution in [3.05, 3.63) is 58.9 Å². The summed E-state index contributed by atoms with van der Waals surface area (Å²) in [4.78, 5) is 18.8. The van der Waals surface area contributed by atoms with Crippen LogP contribution in [-0.4, -0.2) is 49.0 Å². The number of aromatic nitrogens is 5. The Labute approximate surface area is 170 Å². The van der Waals surface area contributed by atoms with Gasteiger partial charge >= 0.3 is 0 Å². The summed E-state index contributed by atoms with van der Waals surface area (Å²) in [7, 11) is 0. The van der Waals surface area contributed by atoms with Gasteiger partial charge in [0.1, 0.15) is 0 Å². The van der Waals surface area contributed by atoms with Crippen LogP contribution in [0.2, 0.25) is 0 Å². The highest BCUT2D eigenvalue weighted by molar-refractivity contribution is 7.08. The van der Waals surface area contributed by atoms with Gasteiger partial charge in [0.25, 0.3) is 5.89 Å². The van der Waals surface area contributed by atoms with Gasteiger partial charge in [0.05, 0.1) is 18.7 Å². The Hall–Kier alpha value is -3.33. The number of thiophene rings is 1. The lowest BCUT2D eigenvalue weighted by molar-refractivity contribution is -0.129. The molecule has 5 rings (SSSR count). The summed E-state index contributed by atoms with van der Waals surface area (Å²) >= 11 is 1.61. The SMILES string of the molecule is O=C(Cc1ccsc1)N1CCC(n2cc(-c3nc(-c4ccccc4)no3)nn2)C1. The molecule has 1 aromatic carbocycles. The van der Waals surface area contributed by atoms with E-state index in [1.54, 1.807) is 22.2 Å². The molecule has 1 aliphatic rings. The van der Waals surface area contributed by atoms with Crippen LogP contribution >= 0.6 is 11.3 Å².